The quantitative estimate of drug-likeness (QED) is 0.606. The highest BCUT2D eigenvalue weighted by atomic mass is 31.2. The molecule has 0 N–H and O–H groups in total. The van der Waals surface area contributed by atoms with Crippen molar-refractivity contribution in [3.63, 3.8) is 0 Å². The van der Waals surface area contributed by atoms with Crippen molar-refractivity contribution < 1.29 is 8.78 Å². The zero-order chi connectivity index (χ0) is 13.3. The van der Waals surface area contributed by atoms with Crippen molar-refractivity contribution in [1.29, 1.82) is 0 Å². The van der Waals surface area contributed by atoms with Gasteiger partial charge in [-0.3, -0.25) is 4.57 Å². The molecule has 0 amide bonds. The fourth-order valence-electron chi connectivity index (χ4n) is 1.59. The maximum atomic E-state index is 13.3. The Morgan fingerprint density at radius 3 is 1.88 bits per heavy atom. The lowest BCUT2D eigenvalue weighted by Gasteiger charge is -2.35. The van der Waals surface area contributed by atoms with Gasteiger partial charge in [-0.2, -0.15) is 0 Å². The highest BCUT2D eigenvalue weighted by Crippen LogP contribution is 2.59. The van der Waals surface area contributed by atoms with Gasteiger partial charge in [0, 0.05) is 10.5 Å². The van der Waals surface area contributed by atoms with Gasteiger partial charge in [0.25, 0.3) is 0 Å². The van der Waals surface area contributed by atoms with Crippen LogP contribution in [0.3, 0.4) is 0 Å². The summed E-state index contributed by atoms with van der Waals surface area (Å²) in [5.41, 5.74) is 0. The van der Waals surface area contributed by atoms with Crippen LogP contribution < -0.4 is 5.30 Å². The highest BCUT2D eigenvalue weighted by Gasteiger charge is 2.42. The lowest BCUT2D eigenvalue weighted by molar-refractivity contribution is 0.461. The molecule has 1 rings (SSSR count). The summed E-state index contributed by atoms with van der Waals surface area (Å²) in [5.74, 6) is 0. The van der Waals surface area contributed by atoms with Crippen LogP contribution in [0.1, 0.15) is 20.8 Å². The summed E-state index contributed by atoms with van der Waals surface area (Å²) in [6.07, 6.45) is 0. The minimum atomic E-state index is -2.82. The second-order valence-corrected chi connectivity index (χ2v) is 14.2. The van der Waals surface area contributed by atoms with Gasteiger partial charge in [0.15, 0.2) is 8.32 Å². The molecule has 0 fully saturated rings. The SMILES string of the molecule is CC(C)(C)P(=O)(O[Si](C)(C)C)c1ccccc1. The van der Waals surface area contributed by atoms with E-state index >= 15 is 0 Å². The van der Waals surface area contributed by atoms with E-state index in [4.69, 9.17) is 4.21 Å². The van der Waals surface area contributed by atoms with E-state index in [-0.39, 0.29) is 5.16 Å². The number of hydrogen-bond donors (Lipinski definition) is 0. The van der Waals surface area contributed by atoms with Crippen molar-refractivity contribution in [2.75, 3.05) is 0 Å². The van der Waals surface area contributed by atoms with Crippen LogP contribution in [-0.4, -0.2) is 13.5 Å². The zero-order valence-electron chi connectivity index (χ0n) is 11.7. The van der Waals surface area contributed by atoms with Gasteiger partial charge in [0.05, 0.1) is 0 Å². The Morgan fingerprint density at radius 2 is 1.53 bits per heavy atom. The lowest BCUT2D eigenvalue weighted by atomic mass is 10.3. The molecule has 0 spiro atoms. The number of rotatable bonds is 3. The smallest absolute Gasteiger partial charge is 0.227 e. The van der Waals surface area contributed by atoms with E-state index in [0.29, 0.717) is 0 Å². The Bertz CT molecular complexity index is 415. The predicted molar refractivity (Wildman–Crippen MR) is 77.9 cm³/mol. The maximum absolute atomic E-state index is 13.3. The van der Waals surface area contributed by atoms with Crippen LogP contribution in [0.2, 0.25) is 19.6 Å². The molecule has 17 heavy (non-hydrogen) atoms. The van der Waals surface area contributed by atoms with E-state index in [1.54, 1.807) is 0 Å². The fourth-order valence-corrected chi connectivity index (χ4v) is 7.53. The van der Waals surface area contributed by atoms with Gasteiger partial charge in [0.2, 0.25) is 7.37 Å². The van der Waals surface area contributed by atoms with Crippen molar-refractivity contribution in [3.05, 3.63) is 30.3 Å². The van der Waals surface area contributed by atoms with E-state index in [1.165, 1.54) is 0 Å². The zero-order valence-corrected chi connectivity index (χ0v) is 13.5. The average Bonchev–Trinajstić information content (AvgIpc) is 2.14. The van der Waals surface area contributed by atoms with Gasteiger partial charge in [-0.25, -0.2) is 0 Å². The van der Waals surface area contributed by atoms with E-state index in [2.05, 4.69) is 19.6 Å². The minimum absolute atomic E-state index is 0.366. The van der Waals surface area contributed by atoms with Crippen molar-refractivity contribution in [2.24, 2.45) is 0 Å². The first-order chi connectivity index (χ1) is 7.56. The highest BCUT2D eigenvalue weighted by molar-refractivity contribution is 7.69. The summed E-state index contributed by atoms with van der Waals surface area (Å²) in [7, 11) is -4.66. The Labute approximate surface area is 106 Å². The molecule has 0 aliphatic heterocycles. The molecule has 0 bridgehead atoms. The molecule has 1 aromatic carbocycles. The lowest BCUT2D eigenvalue weighted by Crippen LogP contribution is -2.33. The second kappa shape index (κ2) is 4.72. The van der Waals surface area contributed by atoms with E-state index in [9.17, 15) is 4.57 Å². The van der Waals surface area contributed by atoms with Gasteiger partial charge >= 0.3 is 0 Å². The third kappa shape index (κ3) is 3.54. The first kappa shape index (κ1) is 14.7. The van der Waals surface area contributed by atoms with Gasteiger partial charge in [-0.05, 0) is 31.8 Å². The standard InChI is InChI=1S/C13H23O2PSi/c1-13(2,3)16(14,15-17(4,5)6)12-10-8-7-9-11-12/h7-11H,1-6H3. The molecule has 1 atom stereocenters. The first-order valence-electron chi connectivity index (χ1n) is 5.93. The molecule has 0 heterocycles. The van der Waals surface area contributed by atoms with Gasteiger partial charge in [0.1, 0.15) is 0 Å². The molecule has 0 saturated carbocycles. The Morgan fingerprint density at radius 1 is 1.06 bits per heavy atom. The molecule has 0 aliphatic carbocycles. The summed E-state index contributed by atoms with van der Waals surface area (Å²) in [6, 6.07) is 9.59. The second-order valence-electron chi connectivity index (χ2n) is 6.26. The molecule has 0 radical (unpaired) electrons. The molecular formula is C13H23O2PSi. The van der Waals surface area contributed by atoms with Crippen LogP contribution >= 0.6 is 7.37 Å². The molecule has 0 aromatic heterocycles. The number of benzene rings is 1. The van der Waals surface area contributed by atoms with Crippen molar-refractivity contribution in [2.45, 2.75) is 45.6 Å². The summed E-state index contributed by atoms with van der Waals surface area (Å²) in [4.78, 5) is 0. The normalized spacial score (nSPS) is 16.6. The van der Waals surface area contributed by atoms with E-state index in [1.807, 2.05) is 51.1 Å². The van der Waals surface area contributed by atoms with E-state index in [0.717, 1.165) is 5.30 Å². The van der Waals surface area contributed by atoms with E-state index < -0.39 is 15.7 Å². The molecule has 96 valence electrons. The van der Waals surface area contributed by atoms with Crippen molar-refractivity contribution in [1.82, 2.24) is 0 Å². The Hall–Kier alpha value is -0.373. The third-order valence-corrected chi connectivity index (χ3v) is 8.35. The van der Waals surface area contributed by atoms with Gasteiger partial charge in [-0.15, -0.1) is 0 Å². The third-order valence-electron chi connectivity index (χ3n) is 2.38. The van der Waals surface area contributed by atoms with Crippen LogP contribution in [0.4, 0.5) is 0 Å². The van der Waals surface area contributed by atoms with Gasteiger partial charge < -0.3 is 4.21 Å². The summed E-state index contributed by atoms with van der Waals surface area (Å²) >= 11 is 0. The van der Waals surface area contributed by atoms with Gasteiger partial charge in [-0.1, -0.05) is 39.0 Å². The molecule has 1 unspecified atom stereocenters. The topological polar surface area (TPSA) is 26.3 Å². The summed E-state index contributed by atoms with van der Waals surface area (Å²) < 4.78 is 19.3. The van der Waals surface area contributed by atoms with Crippen LogP contribution in [0, 0.1) is 0 Å². The predicted octanol–water partition coefficient (Wildman–Crippen LogP) is 4.24. The molecule has 1 aromatic rings. The summed E-state index contributed by atoms with van der Waals surface area (Å²) in [6.45, 7) is 12.2. The molecular weight excluding hydrogens is 247 g/mol. The first-order valence-corrected chi connectivity index (χ1v) is 11.0. The van der Waals surface area contributed by atoms with Crippen molar-refractivity contribution >= 4 is 21.0 Å². The van der Waals surface area contributed by atoms with Crippen LogP contribution in [0.25, 0.3) is 0 Å². The van der Waals surface area contributed by atoms with Crippen molar-refractivity contribution in [3.8, 4) is 0 Å². The Balaban J connectivity index is 3.27. The molecule has 2 nitrogen and oxygen atoms in total. The van der Waals surface area contributed by atoms with Crippen LogP contribution in [-0.2, 0) is 8.78 Å². The monoisotopic (exact) mass is 270 g/mol. The molecule has 0 saturated heterocycles. The minimum Gasteiger partial charge on any atom is -0.367 e. The van der Waals surface area contributed by atoms with Crippen LogP contribution in [0.15, 0.2) is 30.3 Å². The largest absolute Gasteiger partial charge is 0.367 e. The fraction of sp³-hybridized carbons (Fsp3) is 0.538. The Kier molecular flexibility index (Phi) is 4.07. The average molecular weight is 270 g/mol. The maximum Gasteiger partial charge on any atom is 0.227 e. The molecule has 4 heteroatoms. The molecule has 0 aliphatic rings. The number of hydrogen-bond acceptors (Lipinski definition) is 2. The summed E-state index contributed by atoms with van der Waals surface area (Å²) in [5, 5.41) is 0.462. The van der Waals surface area contributed by atoms with Crippen LogP contribution in [0.5, 0.6) is 0 Å².